The van der Waals surface area contributed by atoms with Crippen LogP contribution < -0.4 is 0 Å². The van der Waals surface area contributed by atoms with Crippen LogP contribution >= 0.6 is 11.8 Å². The summed E-state index contributed by atoms with van der Waals surface area (Å²) in [6.45, 7) is 4.81. The van der Waals surface area contributed by atoms with Crippen molar-refractivity contribution in [2.75, 3.05) is 6.61 Å². The highest BCUT2D eigenvalue weighted by atomic mass is 32.2. The second-order valence-electron chi connectivity index (χ2n) is 5.87. The number of hydrogen-bond acceptors (Lipinski definition) is 2. The molecule has 1 nitrogen and oxygen atoms in total. The zero-order chi connectivity index (χ0) is 13.7. The molecule has 106 valence electrons. The second kappa shape index (κ2) is 6.81. The molecule has 1 aromatic rings. The van der Waals surface area contributed by atoms with Crippen molar-refractivity contribution in [3.63, 3.8) is 0 Å². The van der Waals surface area contributed by atoms with Crippen molar-refractivity contribution in [2.24, 2.45) is 5.41 Å². The lowest BCUT2D eigenvalue weighted by molar-refractivity contribution is 0.0972. The van der Waals surface area contributed by atoms with Crippen molar-refractivity contribution in [3.05, 3.63) is 29.8 Å². The SMILES string of the molecule is CCCCC(CC)(CO)CC1Cc2ccccc2S1. The molecule has 19 heavy (non-hydrogen) atoms. The molecule has 0 saturated carbocycles. The fourth-order valence-corrected chi connectivity index (χ4v) is 4.60. The van der Waals surface area contributed by atoms with Crippen LogP contribution in [0.2, 0.25) is 0 Å². The van der Waals surface area contributed by atoms with Crippen molar-refractivity contribution in [1.82, 2.24) is 0 Å². The summed E-state index contributed by atoms with van der Waals surface area (Å²) in [7, 11) is 0. The maximum Gasteiger partial charge on any atom is 0.0487 e. The number of thioether (sulfide) groups is 1. The van der Waals surface area contributed by atoms with Gasteiger partial charge < -0.3 is 5.11 Å². The van der Waals surface area contributed by atoms with E-state index in [0.717, 1.165) is 12.8 Å². The number of unbranched alkanes of at least 4 members (excludes halogenated alkanes) is 1. The zero-order valence-corrected chi connectivity index (χ0v) is 13.0. The molecule has 0 fully saturated rings. The maximum absolute atomic E-state index is 9.87. The highest BCUT2D eigenvalue weighted by Crippen LogP contribution is 2.44. The van der Waals surface area contributed by atoms with Crippen LogP contribution in [0.3, 0.4) is 0 Å². The van der Waals surface area contributed by atoms with Gasteiger partial charge in [-0.05, 0) is 42.7 Å². The molecule has 0 aliphatic carbocycles. The van der Waals surface area contributed by atoms with Gasteiger partial charge in [-0.3, -0.25) is 0 Å². The van der Waals surface area contributed by atoms with Crippen LogP contribution in [-0.2, 0) is 6.42 Å². The van der Waals surface area contributed by atoms with Gasteiger partial charge in [0, 0.05) is 16.8 Å². The van der Waals surface area contributed by atoms with E-state index in [4.69, 9.17) is 0 Å². The molecule has 1 aliphatic heterocycles. The molecule has 1 aliphatic rings. The summed E-state index contributed by atoms with van der Waals surface area (Å²) in [4.78, 5) is 1.45. The summed E-state index contributed by atoms with van der Waals surface area (Å²) in [6, 6.07) is 8.75. The predicted octanol–water partition coefficient (Wildman–Crippen LogP) is 4.67. The Morgan fingerprint density at radius 1 is 1.32 bits per heavy atom. The van der Waals surface area contributed by atoms with Gasteiger partial charge >= 0.3 is 0 Å². The number of aliphatic hydroxyl groups excluding tert-OH is 1. The molecule has 2 heteroatoms. The van der Waals surface area contributed by atoms with Crippen LogP contribution in [0.4, 0.5) is 0 Å². The van der Waals surface area contributed by atoms with Crippen molar-refractivity contribution in [2.45, 2.75) is 62.5 Å². The first-order valence-electron chi connectivity index (χ1n) is 7.58. The van der Waals surface area contributed by atoms with Crippen LogP contribution in [0.1, 0.15) is 51.5 Å². The molecule has 1 N–H and O–H groups in total. The average Bonchev–Trinajstić information content (AvgIpc) is 2.85. The average molecular weight is 278 g/mol. The van der Waals surface area contributed by atoms with E-state index in [1.54, 1.807) is 0 Å². The molecule has 0 radical (unpaired) electrons. The Labute approximate surface area is 121 Å². The topological polar surface area (TPSA) is 20.2 Å². The van der Waals surface area contributed by atoms with E-state index < -0.39 is 0 Å². The minimum absolute atomic E-state index is 0.149. The molecule has 0 spiro atoms. The lowest BCUT2D eigenvalue weighted by Gasteiger charge is -2.33. The standard InChI is InChI=1S/C17H26OS/c1-3-5-10-17(4-2,13-18)12-15-11-14-8-6-7-9-16(14)19-15/h6-9,15,18H,3-5,10-13H2,1-2H3. The lowest BCUT2D eigenvalue weighted by Crippen LogP contribution is -2.29. The van der Waals surface area contributed by atoms with Crippen molar-refractivity contribution < 1.29 is 5.11 Å². The normalized spacial score (nSPS) is 21.1. The van der Waals surface area contributed by atoms with Gasteiger partial charge in [-0.25, -0.2) is 0 Å². The molecule has 0 aromatic heterocycles. The number of rotatable bonds is 7. The Morgan fingerprint density at radius 3 is 2.74 bits per heavy atom. The summed E-state index contributed by atoms with van der Waals surface area (Å²) < 4.78 is 0. The van der Waals surface area contributed by atoms with E-state index in [1.165, 1.54) is 36.1 Å². The molecule has 0 bridgehead atoms. The smallest absolute Gasteiger partial charge is 0.0487 e. The van der Waals surface area contributed by atoms with Crippen LogP contribution in [0, 0.1) is 5.41 Å². The largest absolute Gasteiger partial charge is 0.396 e. The van der Waals surface area contributed by atoms with Gasteiger partial charge in [-0.2, -0.15) is 0 Å². The first-order valence-corrected chi connectivity index (χ1v) is 8.46. The minimum atomic E-state index is 0.149. The van der Waals surface area contributed by atoms with Gasteiger partial charge in [0.1, 0.15) is 0 Å². The summed E-state index contributed by atoms with van der Waals surface area (Å²) >= 11 is 2.02. The monoisotopic (exact) mass is 278 g/mol. The molecular formula is C17H26OS. The van der Waals surface area contributed by atoms with Crippen LogP contribution in [0.15, 0.2) is 29.2 Å². The summed E-state index contributed by atoms with van der Waals surface area (Å²) in [5, 5.41) is 10.5. The third-order valence-corrected chi connectivity index (χ3v) is 5.84. The van der Waals surface area contributed by atoms with Gasteiger partial charge in [0.15, 0.2) is 0 Å². The molecule has 0 amide bonds. The van der Waals surface area contributed by atoms with E-state index in [1.807, 2.05) is 11.8 Å². The summed E-state index contributed by atoms with van der Waals surface area (Å²) in [5.41, 5.74) is 1.64. The maximum atomic E-state index is 9.87. The molecule has 1 heterocycles. The third kappa shape index (κ3) is 3.55. The molecule has 0 saturated heterocycles. The van der Waals surface area contributed by atoms with E-state index in [0.29, 0.717) is 11.9 Å². The second-order valence-corrected chi connectivity index (χ2v) is 7.21. The molecule has 1 aromatic carbocycles. The molecular weight excluding hydrogens is 252 g/mol. The molecule has 2 rings (SSSR count). The third-order valence-electron chi connectivity index (χ3n) is 4.52. The van der Waals surface area contributed by atoms with E-state index >= 15 is 0 Å². The Balaban J connectivity index is 2.00. The Bertz CT molecular complexity index is 373. The number of fused-ring (bicyclic) bond motifs is 1. The molecule has 2 atom stereocenters. The van der Waals surface area contributed by atoms with Gasteiger partial charge in [0.25, 0.3) is 0 Å². The van der Waals surface area contributed by atoms with Crippen LogP contribution in [0.5, 0.6) is 0 Å². The van der Waals surface area contributed by atoms with Crippen molar-refractivity contribution >= 4 is 11.8 Å². The van der Waals surface area contributed by atoms with Crippen LogP contribution in [0.25, 0.3) is 0 Å². The Morgan fingerprint density at radius 2 is 2.11 bits per heavy atom. The number of benzene rings is 1. The van der Waals surface area contributed by atoms with Crippen molar-refractivity contribution in [3.8, 4) is 0 Å². The van der Waals surface area contributed by atoms with Gasteiger partial charge in [0.2, 0.25) is 0 Å². The Hall–Kier alpha value is -0.470. The number of aliphatic hydroxyl groups is 1. The summed E-state index contributed by atoms with van der Waals surface area (Å²) in [5.74, 6) is 0. The zero-order valence-electron chi connectivity index (χ0n) is 12.2. The highest BCUT2D eigenvalue weighted by molar-refractivity contribution is 8.00. The molecule has 2 unspecified atom stereocenters. The fourth-order valence-electron chi connectivity index (χ4n) is 3.08. The fraction of sp³-hybridized carbons (Fsp3) is 0.647. The first kappa shape index (κ1) is 14.9. The Kier molecular flexibility index (Phi) is 5.35. The van der Waals surface area contributed by atoms with Crippen LogP contribution in [-0.4, -0.2) is 17.0 Å². The quantitative estimate of drug-likeness (QED) is 0.782. The highest BCUT2D eigenvalue weighted by Gasteiger charge is 2.33. The minimum Gasteiger partial charge on any atom is -0.396 e. The lowest BCUT2D eigenvalue weighted by atomic mass is 9.76. The van der Waals surface area contributed by atoms with Gasteiger partial charge in [0.05, 0.1) is 0 Å². The first-order chi connectivity index (χ1) is 9.23. The van der Waals surface area contributed by atoms with Gasteiger partial charge in [-0.15, -0.1) is 11.8 Å². The number of hydrogen-bond donors (Lipinski definition) is 1. The van der Waals surface area contributed by atoms with E-state index in [2.05, 4.69) is 38.1 Å². The van der Waals surface area contributed by atoms with Crippen molar-refractivity contribution in [1.29, 1.82) is 0 Å². The van der Waals surface area contributed by atoms with E-state index in [-0.39, 0.29) is 5.41 Å². The predicted molar refractivity (Wildman–Crippen MR) is 83.7 cm³/mol. The summed E-state index contributed by atoms with van der Waals surface area (Å²) in [6.07, 6.45) is 7.05. The van der Waals surface area contributed by atoms with Gasteiger partial charge in [-0.1, -0.05) is 44.9 Å². The van der Waals surface area contributed by atoms with E-state index in [9.17, 15) is 5.11 Å².